The second-order valence-corrected chi connectivity index (χ2v) is 4.31. The highest BCUT2D eigenvalue weighted by Crippen LogP contribution is 2.27. The van der Waals surface area contributed by atoms with Crippen LogP contribution in [0.2, 0.25) is 0 Å². The number of isocyanates is 2. The van der Waals surface area contributed by atoms with Crippen LogP contribution in [0.3, 0.4) is 0 Å². The van der Waals surface area contributed by atoms with Crippen LogP contribution in [0.15, 0.2) is 58.5 Å². The summed E-state index contributed by atoms with van der Waals surface area (Å²) in [4.78, 5) is 27.5. The van der Waals surface area contributed by atoms with E-state index < -0.39 is 0 Å². The predicted molar refractivity (Wildman–Crippen MR) is 76.0 cm³/mol. The van der Waals surface area contributed by atoms with Gasteiger partial charge in [0, 0.05) is 5.92 Å². The molecular formula is C16H12N2O2. The normalized spacial score (nSPS) is 11.1. The van der Waals surface area contributed by atoms with Gasteiger partial charge in [0.05, 0.1) is 11.4 Å². The zero-order chi connectivity index (χ0) is 14.4. The zero-order valence-electron chi connectivity index (χ0n) is 10.9. The first-order valence-corrected chi connectivity index (χ1v) is 6.10. The molecule has 0 amide bonds. The molecule has 2 aromatic rings. The van der Waals surface area contributed by atoms with Gasteiger partial charge < -0.3 is 0 Å². The minimum Gasteiger partial charge on any atom is -0.211 e. The van der Waals surface area contributed by atoms with Crippen LogP contribution in [0.25, 0.3) is 0 Å². The highest BCUT2D eigenvalue weighted by atomic mass is 16.1. The molecule has 0 saturated carbocycles. The third-order valence-electron chi connectivity index (χ3n) is 3.14. The largest absolute Gasteiger partial charge is 0.240 e. The van der Waals surface area contributed by atoms with Crippen molar-refractivity contribution in [2.75, 3.05) is 0 Å². The van der Waals surface area contributed by atoms with Crippen LogP contribution in [-0.4, -0.2) is 12.2 Å². The van der Waals surface area contributed by atoms with Gasteiger partial charge in [-0.15, -0.1) is 0 Å². The molecule has 0 saturated heterocycles. The van der Waals surface area contributed by atoms with Gasteiger partial charge in [0.25, 0.3) is 0 Å². The van der Waals surface area contributed by atoms with Gasteiger partial charge in [-0.05, 0) is 35.4 Å². The molecule has 0 aliphatic rings. The summed E-state index contributed by atoms with van der Waals surface area (Å²) in [5.74, 6) is 0.193. The van der Waals surface area contributed by atoms with Gasteiger partial charge >= 0.3 is 0 Å². The Balaban J connectivity index is 2.23. The quantitative estimate of drug-likeness (QED) is 0.623. The predicted octanol–water partition coefficient (Wildman–Crippen LogP) is 3.77. The standard InChI is InChI=1S/C16H12N2O2/c1-12(13-2-6-15(7-3-13)17-10-19)14-4-8-16(9-5-14)18-11-20/h2-9,12H,1H3. The van der Waals surface area contributed by atoms with Crippen molar-refractivity contribution in [1.82, 2.24) is 0 Å². The Bertz CT molecular complexity index is 616. The average Bonchev–Trinajstić information content (AvgIpc) is 2.49. The summed E-state index contributed by atoms with van der Waals surface area (Å²) in [6.45, 7) is 2.08. The van der Waals surface area contributed by atoms with Crippen molar-refractivity contribution in [1.29, 1.82) is 0 Å². The molecule has 4 nitrogen and oxygen atoms in total. The number of hydrogen-bond acceptors (Lipinski definition) is 4. The Labute approximate surface area is 116 Å². The van der Waals surface area contributed by atoms with Crippen molar-refractivity contribution in [3.8, 4) is 0 Å². The average molecular weight is 264 g/mol. The highest BCUT2D eigenvalue weighted by Gasteiger charge is 2.08. The fourth-order valence-corrected chi connectivity index (χ4v) is 1.97. The van der Waals surface area contributed by atoms with Crippen LogP contribution in [0.4, 0.5) is 11.4 Å². The number of hydrogen-bond donors (Lipinski definition) is 0. The van der Waals surface area contributed by atoms with Crippen LogP contribution in [-0.2, 0) is 9.59 Å². The molecule has 98 valence electrons. The minimum absolute atomic E-state index is 0.193. The lowest BCUT2D eigenvalue weighted by Crippen LogP contribution is -1.94. The Morgan fingerprint density at radius 3 is 1.40 bits per heavy atom. The topological polar surface area (TPSA) is 58.9 Å². The summed E-state index contributed by atoms with van der Waals surface area (Å²) in [5.41, 5.74) is 3.40. The maximum atomic E-state index is 10.2. The van der Waals surface area contributed by atoms with Crippen molar-refractivity contribution in [2.45, 2.75) is 12.8 Å². The SMILES string of the molecule is CC(c1ccc(N=C=O)cc1)c1ccc(N=C=O)cc1. The second kappa shape index (κ2) is 6.39. The fourth-order valence-electron chi connectivity index (χ4n) is 1.97. The first kappa shape index (κ1) is 13.6. The van der Waals surface area contributed by atoms with Crippen LogP contribution in [0, 0.1) is 0 Å². The van der Waals surface area contributed by atoms with Gasteiger partial charge in [0.1, 0.15) is 0 Å². The molecule has 0 N–H and O–H groups in total. The molecule has 0 bridgehead atoms. The van der Waals surface area contributed by atoms with Crippen LogP contribution >= 0.6 is 0 Å². The van der Waals surface area contributed by atoms with Crippen molar-refractivity contribution < 1.29 is 9.59 Å². The molecule has 0 spiro atoms. The molecule has 2 rings (SSSR count). The molecular weight excluding hydrogens is 252 g/mol. The van der Waals surface area contributed by atoms with Gasteiger partial charge in [0.2, 0.25) is 12.2 Å². The van der Waals surface area contributed by atoms with Gasteiger partial charge in [-0.25, -0.2) is 9.59 Å². The smallest absolute Gasteiger partial charge is 0.211 e. The number of nitrogens with zero attached hydrogens (tertiary/aromatic N) is 2. The van der Waals surface area contributed by atoms with Crippen molar-refractivity contribution in [3.63, 3.8) is 0 Å². The molecule has 0 aliphatic carbocycles. The molecule has 2 aromatic carbocycles. The van der Waals surface area contributed by atoms with E-state index in [1.807, 2.05) is 24.3 Å². The molecule has 0 radical (unpaired) electrons. The monoisotopic (exact) mass is 264 g/mol. The summed E-state index contributed by atoms with van der Waals surface area (Å²) in [5, 5.41) is 0. The Hall–Kier alpha value is -2.80. The number of benzene rings is 2. The van der Waals surface area contributed by atoms with E-state index in [1.165, 1.54) is 12.2 Å². The second-order valence-electron chi connectivity index (χ2n) is 4.31. The number of rotatable bonds is 4. The summed E-state index contributed by atoms with van der Waals surface area (Å²) in [6.07, 6.45) is 3.03. The molecule has 0 heterocycles. The van der Waals surface area contributed by atoms with E-state index in [-0.39, 0.29) is 5.92 Å². The Kier molecular flexibility index (Phi) is 4.35. The minimum atomic E-state index is 0.193. The van der Waals surface area contributed by atoms with Crippen LogP contribution in [0.5, 0.6) is 0 Å². The van der Waals surface area contributed by atoms with E-state index >= 15 is 0 Å². The summed E-state index contributed by atoms with van der Waals surface area (Å²) < 4.78 is 0. The maximum absolute atomic E-state index is 10.2. The molecule has 0 unspecified atom stereocenters. The lowest BCUT2D eigenvalue weighted by molar-refractivity contribution is 0.564. The van der Waals surface area contributed by atoms with Crippen molar-refractivity contribution >= 4 is 23.5 Å². The van der Waals surface area contributed by atoms with E-state index in [0.717, 1.165) is 11.1 Å². The highest BCUT2D eigenvalue weighted by molar-refractivity contribution is 5.51. The van der Waals surface area contributed by atoms with Gasteiger partial charge in [-0.2, -0.15) is 9.98 Å². The van der Waals surface area contributed by atoms with Crippen molar-refractivity contribution in [2.24, 2.45) is 9.98 Å². The zero-order valence-corrected chi connectivity index (χ0v) is 10.9. The number of aliphatic imine (C=N–C) groups is 2. The van der Waals surface area contributed by atoms with E-state index in [2.05, 4.69) is 16.9 Å². The fraction of sp³-hybridized carbons (Fsp3) is 0.125. The van der Waals surface area contributed by atoms with Crippen LogP contribution in [0.1, 0.15) is 24.0 Å². The Morgan fingerprint density at radius 1 is 0.750 bits per heavy atom. The van der Waals surface area contributed by atoms with E-state index in [9.17, 15) is 9.59 Å². The Morgan fingerprint density at radius 2 is 1.10 bits per heavy atom. The van der Waals surface area contributed by atoms with Gasteiger partial charge in [-0.1, -0.05) is 31.2 Å². The van der Waals surface area contributed by atoms with Crippen molar-refractivity contribution in [3.05, 3.63) is 59.7 Å². The summed E-state index contributed by atoms with van der Waals surface area (Å²) >= 11 is 0. The molecule has 0 fully saturated rings. The molecule has 4 heteroatoms. The summed E-state index contributed by atoms with van der Waals surface area (Å²) in [6, 6.07) is 14.8. The lowest BCUT2D eigenvalue weighted by Gasteiger charge is -2.12. The van der Waals surface area contributed by atoms with Gasteiger partial charge in [0.15, 0.2) is 0 Å². The molecule has 0 aromatic heterocycles. The first-order valence-electron chi connectivity index (χ1n) is 6.10. The lowest BCUT2D eigenvalue weighted by atomic mass is 9.93. The molecule has 0 atom stereocenters. The number of carbonyl (C=O) groups excluding carboxylic acids is 2. The van der Waals surface area contributed by atoms with E-state index in [0.29, 0.717) is 11.4 Å². The first-order chi connectivity index (χ1) is 9.74. The molecule has 20 heavy (non-hydrogen) atoms. The summed E-state index contributed by atoms with van der Waals surface area (Å²) in [7, 11) is 0. The maximum Gasteiger partial charge on any atom is 0.240 e. The third-order valence-corrected chi connectivity index (χ3v) is 3.14. The van der Waals surface area contributed by atoms with Crippen LogP contribution < -0.4 is 0 Å². The van der Waals surface area contributed by atoms with E-state index in [4.69, 9.17) is 0 Å². The molecule has 0 aliphatic heterocycles. The third kappa shape index (κ3) is 3.15. The van der Waals surface area contributed by atoms with E-state index in [1.54, 1.807) is 24.3 Å². The van der Waals surface area contributed by atoms with Gasteiger partial charge in [-0.3, -0.25) is 0 Å².